The van der Waals surface area contributed by atoms with Crippen molar-refractivity contribution in [3.8, 4) is 11.5 Å². The fourth-order valence-corrected chi connectivity index (χ4v) is 1.94. The fraction of sp³-hybridized carbons (Fsp3) is 0.214. The molecule has 1 aliphatic rings. The molecule has 98 valence electrons. The van der Waals surface area contributed by atoms with E-state index in [4.69, 9.17) is 19.6 Å². The molecule has 0 aliphatic carbocycles. The van der Waals surface area contributed by atoms with Crippen molar-refractivity contribution in [1.29, 1.82) is 0 Å². The monoisotopic (exact) mass is 259 g/mol. The molecule has 3 rings (SSSR count). The lowest BCUT2D eigenvalue weighted by Gasteiger charge is -2.18. The maximum atomic E-state index is 12.2. The highest BCUT2D eigenvalue weighted by Gasteiger charge is 2.18. The molecule has 5 heteroatoms. The molecule has 0 saturated carbocycles. The smallest absolute Gasteiger partial charge is 0.228 e. The van der Waals surface area contributed by atoms with Crippen LogP contribution in [-0.4, -0.2) is 19.0 Å². The largest absolute Gasteiger partial charge is 0.486 e. The number of fused-ring (bicyclic) bond motifs is 1. The average molecular weight is 259 g/mol. The number of furan rings is 1. The highest BCUT2D eigenvalue weighted by Crippen LogP contribution is 2.31. The van der Waals surface area contributed by atoms with Crippen molar-refractivity contribution >= 4 is 5.78 Å². The first kappa shape index (κ1) is 11.8. The van der Waals surface area contributed by atoms with E-state index in [2.05, 4.69) is 0 Å². The molecule has 0 atom stereocenters. The van der Waals surface area contributed by atoms with E-state index < -0.39 is 0 Å². The molecule has 0 unspecified atom stereocenters. The van der Waals surface area contributed by atoms with Gasteiger partial charge in [0.05, 0.1) is 6.54 Å². The normalized spacial score (nSPS) is 13.3. The van der Waals surface area contributed by atoms with Gasteiger partial charge in [0.1, 0.15) is 19.0 Å². The minimum Gasteiger partial charge on any atom is -0.486 e. The van der Waals surface area contributed by atoms with E-state index in [0.29, 0.717) is 36.0 Å². The maximum Gasteiger partial charge on any atom is 0.228 e. The molecule has 2 N–H and O–H groups in total. The number of rotatable bonds is 3. The van der Waals surface area contributed by atoms with Gasteiger partial charge in [-0.05, 0) is 30.3 Å². The fourth-order valence-electron chi connectivity index (χ4n) is 1.94. The number of carbonyl (C=O) groups is 1. The molecule has 5 nitrogen and oxygen atoms in total. The van der Waals surface area contributed by atoms with Gasteiger partial charge in [-0.15, -0.1) is 0 Å². The zero-order valence-corrected chi connectivity index (χ0v) is 10.2. The lowest BCUT2D eigenvalue weighted by molar-refractivity contribution is 0.101. The quantitative estimate of drug-likeness (QED) is 0.850. The first-order chi connectivity index (χ1) is 9.28. The Hall–Kier alpha value is -2.27. The predicted octanol–water partition coefficient (Wildman–Crippen LogP) is 1.74. The van der Waals surface area contributed by atoms with Gasteiger partial charge >= 0.3 is 0 Å². The van der Waals surface area contributed by atoms with E-state index in [9.17, 15) is 4.79 Å². The number of benzene rings is 1. The van der Waals surface area contributed by atoms with Gasteiger partial charge in [-0.25, -0.2) is 0 Å². The van der Waals surface area contributed by atoms with Crippen LogP contribution in [0, 0.1) is 0 Å². The van der Waals surface area contributed by atoms with Crippen LogP contribution in [0.4, 0.5) is 0 Å². The van der Waals surface area contributed by atoms with Crippen molar-refractivity contribution in [1.82, 2.24) is 0 Å². The molecule has 0 bridgehead atoms. The topological polar surface area (TPSA) is 74.7 Å². The van der Waals surface area contributed by atoms with Crippen molar-refractivity contribution in [2.45, 2.75) is 6.54 Å². The van der Waals surface area contributed by atoms with E-state index in [0.717, 1.165) is 0 Å². The molecule has 0 amide bonds. The second-order valence-corrected chi connectivity index (χ2v) is 4.16. The van der Waals surface area contributed by atoms with Gasteiger partial charge in [0.25, 0.3) is 0 Å². The van der Waals surface area contributed by atoms with E-state index in [1.165, 1.54) is 0 Å². The summed E-state index contributed by atoms with van der Waals surface area (Å²) in [6.07, 6.45) is 0. The van der Waals surface area contributed by atoms with Crippen LogP contribution in [0.1, 0.15) is 21.9 Å². The Kier molecular flexibility index (Phi) is 2.97. The summed E-state index contributed by atoms with van der Waals surface area (Å²) >= 11 is 0. The number of hydrogen-bond donors (Lipinski definition) is 1. The molecule has 0 radical (unpaired) electrons. The molecular formula is C14H13NO4. The van der Waals surface area contributed by atoms with Gasteiger partial charge in [-0.3, -0.25) is 4.79 Å². The summed E-state index contributed by atoms with van der Waals surface area (Å²) in [4.78, 5) is 12.2. The molecular weight excluding hydrogens is 246 g/mol. The lowest BCUT2D eigenvalue weighted by Crippen LogP contribution is -2.15. The van der Waals surface area contributed by atoms with Gasteiger partial charge in [0, 0.05) is 5.56 Å². The number of carbonyl (C=O) groups excluding carboxylic acids is 1. The first-order valence-corrected chi connectivity index (χ1v) is 6.01. The van der Waals surface area contributed by atoms with Crippen molar-refractivity contribution in [3.63, 3.8) is 0 Å². The van der Waals surface area contributed by atoms with Crippen LogP contribution in [0.2, 0.25) is 0 Å². The Balaban J connectivity index is 1.91. The highest BCUT2D eigenvalue weighted by atomic mass is 16.6. The van der Waals surface area contributed by atoms with Crippen LogP contribution in [0.25, 0.3) is 0 Å². The van der Waals surface area contributed by atoms with Crippen molar-refractivity contribution in [2.24, 2.45) is 5.73 Å². The summed E-state index contributed by atoms with van der Waals surface area (Å²) in [7, 11) is 0. The first-order valence-electron chi connectivity index (χ1n) is 6.01. The Morgan fingerprint density at radius 3 is 2.63 bits per heavy atom. The summed E-state index contributed by atoms with van der Waals surface area (Å²) in [5.41, 5.74) is 5.95. The maximum absolute atomic E-state index is 12.2. The second kappa shape index (κ2) is 4.78. The molecule has 0 fully saturated rings. The Labute approximate surface area is 109 Å². The Bertz CT molecular complexity index is 618. The lowest BCUT2D eigenvalue weighted by atomic mass is 10.1. The summed E-state index contributed by atoms with van der Waals surface area (Å²) < 4.78 is 16.2. The molecule has 1 aromatic heterocycles. The molecule has 0 spiro atoms. The summed E-state index contributed by atoms with van der Waals surface area (Å²) in [6, 6.07) is 8.42. The molecule has 0 saturated heterocycles. The van der Waals surface area contributed by atoms with Crippen molar-refractivity contribution in [2.75, 3.05) is 13.2 Å². The van der Waals surface area contributed by atoms with Crippen LogP contribution in [-0.2, 0) is 6.54 Å². The zero-order valence-electron chi connectivity index (χ0n) is 10.2. The van der Waals surface area contributed by atoms with Gasteiger partial charge in [-0.2, -0.15) is 0 Å². The van der Waals surface area contributed by atoms with Crippen LogP contribution in [0.3, 0.4) is 0 Å². The zero-order chi connectivity index (χ0) is 13.2. The number of nitrogens with two attached hydrogens (primary N) is 1. The van der Waals surface area contributed by atoms with Gasteiger partial charge in [-0.1, -0.05) is 0 Å². The van der Waals surface area contributed by atoms with Crippen molar-refractivity contribution < 1.29 is 18.7 Å². The second-order valence-electron chi connectivity index (χ2n) is 4.16. The van der Waals surface area contributed by atoms with Crippen LogP contribution < -0.4 is 15.2 Å². The standard InChI is InChI=1S/C14H13NO4/c15-8-10-2-4-12(19-10)14(16)9-1-3-11-13(7-9)18-6-5-17-11/h1-4,7H,5-6,8,15H2. The van der Waals surface area contributed by atoms with Gasteiger partial charge in [0.15, 0.2) is 17.3 Å². The third-order valence-corrected chi connectivity index (χ3v) is 2.89. The summed E-state index contributed by atoms with van der Waals surface area (Å²) in [6.45, 7) is 1.29. The van der Waals surface area contributed by atoms with Gasteiger partial charge in [0.2, 0.25) is 5.78 Å². The van der Waals surface area contributed by atoms with E-state index in [1.54, 1.807) is 30.3 Å². The Morgan fingerprint density at radius 2 is 1.89 bits per heavy atom. The molecule has 19 heavy (non-hydrogen) atoms. The number of ether oxygens (including phenoxy) is 2. The Morgan fingerprint density at radius 1 is 1.11 bits per heavy atom. The van der Waals surface area contributed by atoms with Crippen LogP contribution in [0.15, 0.2) is 34.7 Å². The molecule has 1 aliphatic heterocycles. The minimum atomic E-state index is -0.198. The highest BCUT2D eigenvalue weighted by molar-refractivity contribution is 6.07. The van der Waals surface area contributed by atoms with E-state index in [-0.39, 0.29) is 18.1 Å². The third kappa shape index (κ3) is 2.20. The van der Waals surface area contributed by atoms with E-state index >= 15 is 0 Å². The number of ketones is 1. The number of hydrogen-bond acceptors (Lipinski definition) is 5. The molecule has 2 aromatic rings. The van der Waals surface area contributed by atoms with E-state index in [1.807, 2.05) is 0 Å². The SMILES string of the molecule is NCc1ccc(C(=O)c2ccc3c(c2)OCCO3)o1. The van der Waals surface area contributed by atoms with Crippen molar-refractivity contribution in [3.05, 3.63) is 47.4 Å². The molecule has 1 aromatic carbocycles. The average Bonchev–Trinajstić information content (AvgIpc) is 2.95. The molecule has 2 heterocycles. The summed E-state index contributed by atoms with van der Waals surface area (Å²) in [5.74, 6) is 1.90. The van der Waals surface area contributed by atoms with Crippen LogP contribution >= 0.6 is 0 Å². The third-order valence-electron chi connectivity index (χ3n) is 2.89. The predicted molar refractivity (Wildman–Crippen MR) is 67.5 cm³/mol. The summed E-state index contributed by atoms with van der Waals surface area (Å²) in [5, 5.41) is 0. The van der Waals surface area contributed by atoms with Crippen LogP contribution in [0.5, 0.6) is 11.5 Å². The minimum absolute atomic E-state index is 0.198. The van der Waals surface area contributed by atoms with Gasteiger partial charge < -0.3 is 19.6 Å².